The quantitative estimate of drug-likeness (QED) is 0.701. The fourth-order valence-corrected chi connectivity index (χ4v) is 4.46. The molecule has 2 N–H and O–H groups in total. The molecule has 0 spiro atoms. The van der Waals surface area contributed by atoms with Crippen molar-refractivity contribution in [2.24, 2.45) is 0 Å². The Labute approximate surface area is 175 Å². The van der Waals surface area contributed by atoms with Gasteiger partial charge in [-0.1, -0.05) is 18.2 Å². The fraction of sp³-hybridized carbons (Fsp3) is 0.348. The van der Waals surface area contributed by atoms with Crippen LogP contribution in [0.2, 0.25) is 0 Å². The van der Waals surface area contributed by atoms with Crippen LogP contribution in [0.15, 0.2) is 36.5 Å². The van der Waals surface area contributed by atoms with Crippen molar-refractivity contribution in [2.45, 2.75) is 39.2 Å². The van der Waals surface area contributed by atoms with Crippen molar-refractivity contribution in [1.82, 2.24) is 19.7 Å². The van der Waals surface area contributed by atoms with Gasteiger partial charge in [0.15, 0.2) is 5.82 Å². The normalized spacial score (nSPS) is 15.4. The van der Waals surface area contributed by atoms with E-state index in [0.717, 1.165) is 67.0 Å². The molecule has 5 rings (SSSR count). The molecule has 1 fully saturated rings. The summed E-state index contributed by atoms with van der Waals surface area (Å²) < 4.78 is 2.10. The monoisotopic (exact) mass is 403 g/mol. The van der Waals surface area contributed by atoms with E-state index >= 15 is 0 Å². The SMILES string of the molecule is Cc1ccccc1C(=O)Nc1n[nH]c2c1CCn1cc(C(=O)N3CCCCC3)cc1-2. The van der Waals surface area contributed by atoms with Gasteiger partial charge in [-0.2, -0.15) is 5.10 Å². The number of amides is 2. The Morgan fingerprint density at radius 3 is 2.70 bits per heavy atom. The molecule has 0 bridgehead atoms. The number of hydrogen-bond acceptors (Lipinski definition) is 3. The number of nitrogens with one attached hydrogen (secondary N) is 2. The van der Waals surface area contributed by atoms with Gasteiger partial charge in [0.05, 0.1) is 17.0 Å². The summed E-state index contributed by atoms with van der Waals surface area (Å²) in [7, 11) is 0. The lowest BCUT2D eigenvalue weighted by molar-refractivity contribution is 0.0724. The van der Waals surface area contributed by atoms with Crippen LogP contribution in [0.4, 0.5) is 5.82 Å². The topological polar surface area (TPSA) is 83.0 Å². The molecule has 2 amide bonds. The number of aryl methyl sites for hydroxylation is 2. The Balaban J connectivity index is 1.40. The largest absolute Gasteiger partial charge is 0.345 e. The smallest absolute Gasteiger partial charge is 0.257 e. The van der Waals surface area contributed by atoms with E-state index in [4.69, 9.17) is 0 Å². The third-order valence-corrected chi connectivity index (χ3v) is 6.13. The zero-order valence-corrected chi connectivity index (χ0v) is 17.1. The molecule has 0 atom stereocenters. The van der Waals surface area contributed by atoms with Crippen LogP contribution in [-0.2, 0) is 13.0 Å². The average molecular weight is 403 g/mol. The van der Waals surface area contributed by atoms with Crippen molar-refractivity contribution in [1.29, 1.82) is 0 Å². The van der Waals surface area contributed by atoms with E-state index in [0.29, 0.717) is 11.4 Å². The maximum atomic E-state index is 12.9. The molecule has 2 aliphatic heterocycles. The van der Waals surface area contributed by atoms with Crippen LogP contribution in [0, 0.1) is 6.92 Å². The van der Waals surface area contributed by atoms with E-state index in [9.17, 15) is 9.59 Å². The summed E-state index contributed by atoms with van der Waals surface area (Å²) in [5.41, 5.74) is 5.09. The molecule has 0 radical (unpaired) electrons. The maximum absolute atomic E-state index is 12.9. The molecule has 30 heavy (non-hydrogen) atoms. The minimum atomic E-state index is -0.163. The highest BCUT2D eigenvalue weighted by atomic mass is 16.2. The molecule has 154 valence electrons. The van der Waals surface area contributed by atoms with E-state index in [-0.39, 0.29) is 11.8 Å². The minimum absolute atomic E-state index is 0.103. The molecule has 4 heterocycles. The molecule has 7 nitrogen and oxygen atoms in total. The van der Waals surface area contributed by atoms with E-state index in [1.54, 1.807) is 0 Å². The fourth-order valence-electron chi connectivity index (χ4n) is 4.46. The highest BCUT2D eigenvalue weighted by molar-refractivity contribution is 6.05. The summed E-state index contributed by atoms with van der Waals surface area (Å²) in [5, 5.41) is 10.4. The first-order valence-corrected chi connectivity index (χ1v) is 10.6. The first-order chi connectivity index (χ1) is 14.6. The maximum Gasteiger partial charge on any atom is 0.257 e. The number of hydrogen-bond donors (Lipinski definition) is 2. The van der Waals surface area contributed by atoms with Crippen molar-refractivity contribution < 1.29 is 9.59 Å². The summed E-state index contributed by atoms with van der Waals surface area (Å²) in [4.78, 5) is 27.6. The number of aromatic nitrogens is 3. The summed E-state index contributed by atoms with van der Waals surface area (Å²) in [6.45, 7) is 4.35. The number of likely N-dealkylation sites (tertiary alicyclic amines) is 1. The Kier molecular flexibility index (Phi) is 4.65. The third kappa shape index (κ3) is 3.20. The Bertz CT molecular complexity index is 1120. The zero-order valence-electron chi connectivity index (χ0n) is 17.1. The summed E-state index contributed by atoms with van der Waals surface area (Å²) in [6, 6.07) is 9.45. The number of fused-ring (bicyclic) bond motifs is 3. The van der Waals surface area contributed by atoms with Gasteiger partial charge in [0.25, 0.3) is 11.8 Å². The predicted octanol–water partition coefficient (Wildman–Crippen LogP) is 3.62. The second kappa shape index (κ2) is 7.48. The molecule has 2 aromatic heterocycles. The van der Waals surface area contributed by atoms with Crippen LogP contribution in [0.1, 0.15) is 51.1 Å². The van der Waals surface area contributed by atoms with Crippen LogP contribution < -0.4 is 5.32 Å². The number of carbonyl (C=O) groups is 2. The lowest BCUT2D eigenvalue weighted by Crippen LogP contribution is -2.35. The van der Waals surface area contributed by atoms with Gasteiger partial charge < -0.3 is 14.8 Å². The van der Waals surface area contributed by atoms with E-state index in [1.165, 1.54) is 6.42 Å². The van der Waals surface area contributed by atoms with Crippen LogP contribution in [-0.4, -0.2) is 44.6 Å². The lowest BCUT2D eigenvalue weighted by atomic mass is 10.0. The van der Waals surface area contributed by atoms with Gasteiger partial charge >= 0.3 is 0 Å². The van der Waals surface area contributed by atoms with Gasteiger partial charge in [0, 0.05) is 37.0 Å². The standard InChI is InChI=1S/C23H25N5O2/c1-15-7-3-4-8-17(15)22(29)24-21-18-9-12-28-14-16(13-19(28)20(18)25-26-21)23(30)27-10-5-2-6-11-27/h3-4,7-8,13-14H,2,5-6,9-12H2,1H3,(H2,24,25,26,29). The van der Waals surface area contributed by atoms with Crippen molar-refractivity contribution in [3.05, 3.63) is 58.8 Å². The average Bonchev–Trinajstić information content (AvgIpc) is 3.38. The zero-order chi connectivity index (χ0) is 20.7. The number of aromatic amines is 1. The van der Waals surface area contributed by atoms with Gasteiger partial charge in [-0.15, -0.1) is 0 Å². The summed E-state index contributed by atoms with van der Waals surface area (Å²) >= 11 is 0. The predicted molar refractivity (Wildman–Crippen MR) is 115 cm³/mol. The number of H-pyrrole nitrogens is 1. The number of benzene rings is 1. The van der Waals surface area contributed by atoms with E-state index < -0.39 is 0 Å². The molecule has 3 aromatic rings. The second-order valence-electron chi connectivity index (χ2n) is 8.11. The first kappa shape index (κ1) is 18.7. The summed E-state index contributed by atoms with van der Waals surface area (Å²) in [6.07, 6.45) is 6.04. The second-order valence-corrected chi connectivity index (χ2v) is 8.11. The molecule has 0 saturated carbocycles. The van der Waals surface area contributed by atoms with Gasteiger partial charge in [0.1, 0.15) is 0 Å². The van der Waals surface area contributed by atoms with Crippen molar-refractivity contribution >= 4 is 17.6 Å². The highest BCUT2D eigenvalue weighted by Gasteiger charge is 2.27. The number of rotatable bonds is 3. The third-order valence-electron chi connectivity index (χ3n) is 6.13. The molecule has 0 unspecified atom stereocenters. The van der Waals surface area contributed by atoms with Gasteiger partial charge in [-0.05, 0) is 50.3 Å². The van der Waals surface area contributed by atoms with Crippen LogP contribution in [0.25, 0.3) is 11.4 Å². The Morgan fingerprint density at radius 2 is 1.90 bits per heavy atom. The number of nitrogens with zero attached hydrogens (tertiary/aromatic N) is 3. The molecule has 7 heteroatoms. The Morgan fingerprint density at radius 1 is 1.10 bits per heavy atom. The van der Waals surface area contributed by atoms with Crippen molar-refractivity contribution in [2.75, 3.05) is 18.4 Å². The lowest BCUT2D eigenvalue weighted by Gasteiger charge is -2.26. The van der Waals surface area contributed by atoms with E-state index in [2.05, 4.69) is 20.1 Å². The molecule has 1 aromatic carbocycles. The number of piperidine rings is 1. The number of carbonyl (C=O) groups excluding carboxylic acids is 2. The molecule has 2 aliphatic rings. The molecule has 1 saturated heterocycles. The van der Waals surface area contributed by atoms with E-state index in [1.807, 2.05) is 48.4 Å². The van der Waals surface area contributed by atoms with Crippen LogP contribution >= 0.6 is 0 Å². The first-order valence-electron chi connectivity index (χ1n) is 10.6. The van der Waals surface area contributed by atoms with Crippen LogP contribution in [0.3, 0.4) is 0 Å². The molecule has 0 aliphatic carbocycles. The van der Waals surface area contributed by atoms with Crippen LogP contribution in [0.5, 0.6) is 0 Å². The van der Waals surface area contributed by atoms with Crippen molar-refractivity contribution in [3.8, 4) is 11.4 Å². The minimum Gasteiger partial charge on any atom is -0.345 e. The molecular weight excluding hydrogens is 378 g/mol. The van der Waals surface area contributed by atoms with Gasteiger partial charge in [0.2, 0.25) is 0 Å². The van der Waals surface area contributed by atoms with Gasteiger partial charge in [-0.25, -0.2) is 0 Å². The Hall–Kier alpha value is -3.35. The summed E-state index contributed by atoms with van der Waals surface area (Å²) in [5.74, 6) is 0.504. The van der Waals surface area contributed by atoms with Crippen molar-refractivity contribution in [3.63, 3.8) is 0 Å². The number of anilines is 1. The highest BCUT2D eigenvalue weighted by Crippen LogP contribution is 2.34. The molecular formula is C23H25N5O2. The van der Waals surface area contributed by atoms with Gasteiger partial charge in [-0.3, -0.25) is 14.7 Å².